The first-order chi connectivity index (χ1) is 6.47. The lowest BCUT2D eigenvalue weighted by Crippen LogP contribution is -2.23. The highest BCUT2D eigenvalue weighted by atomic mass is 16.5. The Morgan fingerprint density at radius 1 is 1.36 bits per heavy atom. The molecule has 14 heavy (non-hydrogen) atoms. The van der Waals surface area contributed by atoms with Crippen molar-refractivity contribution in [3.8, 4) is 0 Å². The Bertz CT molecular complexity index is 202. The highest BCUT2D eigenvalue weighted by Gasteiger charge is 2.12. The minimum atomic E-state index is -0.214. The SMILES string of the molecule is COC(=O)CCC(C)CC(=O)N(C)C. The molecule has 4 heteroatoms. The lowest BCUT2D eigenvalue weighted by atomic mass is 10.0. The Hall–Kier alpha value is -1.06. The molecule has 0 aromatic heterocycles. The van der Waals surface area contributed by atoms with E-state index >= 15 is 0 Å². The van der Waals surface area contributed by atoms with Crippen LogP contribution in [-0.2, 0) is 14.3 Å². The van der Waals surface area contributed by atoms with Gasteiger partial charge in [0.25, 0.3) is 0 Å². The van der Waals surface area contributed by atoms with E-state index in [1.165, 1.54) is 7.11 Å². The maximum absolute atomic E-state index is 11.3. The number of amides is 1. The zero-order chi connectivity index (χ0) is 11.1. The van der Waals surface area contributed by atoms with Crippen LogP contribution in [0.2, 0.25) is 0 Å². The smallest absolute Gasteiger partial charge is 0.305 e. The van der Waals surface area contributed by atoms with E-state index in [0.29, 0.717) is 19.3 Å². The Morgan fingerprint density at radius 2 is 1.93 bits per heavy atom. The van der Waals surface area contributed by atoms with E-state index in [9.17, 15) is 9.59 Å². The van der Waals surface area contributed by atoms with Gasteiger partial charge in [-0.1, -0.05) is 6.92 Å². The molecule has 0 saturated heterocycles. The molecule has 4 nitrogen and oxygen atoms in total. The monoisotopic (exact) mass is 201 g/mol. The van der Waals surface area contributed by atoms with Crippen molar-refractivity contribution in [1.82, 2.24) is 4.90 Å². The van der Waals surface area contributed by atoms with Gasteiger partial charge in [-0.25, -0.2) is 0 Å². The van der Waals surface area contributed by atoms with Gasteiger partial charge in [-0.2, -0.15) is 0 Å². The molecule has 0 aliphatic carbocycles. The number of rotatable bonds is 5. The van der Waals surface area contributed by atoms with Crippen LogP contribution in [0.25, 0.3) is 0 Å². The summed E-state index contributed by atoms with van der Waals surface area (Å²) in [6, 6.07) is 0. The zero-order valence-corrected chi connectivity index (χ0v) is 9.37. The molecule has 0 heterocycles. The number of carbonyl (C=O) groups is 2. The van der Waals surface area contributed by atoms with Crippen LogP contribution < -0.4 is 0 Å². The maximum Gasteiger partial charge on any atom is 0.305 e. The fraction of sp³-hybridized carbons (Fsp3) is 0.800. The van der Waals surface area contributed by atoms with Crippen molar-refractivity contribution >= 4 is 11.9 Å². The van der Waals surface area contributed by atoms with Crippen LogP contribution in [0.5, 0.6) is 0 Å². The van der Waals surface area contributed by atoms with Gasteiger partial charge in [-0.15, -0.1) is 0 Å². The van der Waals surface area contributed by atoms with E-state index in [1.807, 2.05) is 6.92 Å². The van der Waals surface area contributed by atoms with Crippen LogP contribution in [0.1, 0.15) is 26.2 Å². The number of methoxy groups -OCH3 is 1. The van der Waals surface area contributed by atoms with Gasteiger partial charge >= 0.3 is 5.97 Å². The van der Waals surface area contributed by atoms with Gasteiger partial charge in [0.15, 0.2) is 0 Å². The largest absolute Gasteiger partial charge is 0.469 e. The summed E-state index contributed by atoms with van der Waals surface area (Å²) in [5.74, 6) is 0.112. The van der Waals surface area contributed by atoms with Crippen molar-refractivity contribution in [2.75, 3.05) is 21.2 Å². The van der Waals surface area contributed by atoms with E-state index in [0.717, 1.165) is 0 Å². The minimum absolute atomic E-state index is 0.0994. The first-order valence-corrected chi connectivity index (χ1v) is 4.74. The second kappa shape index (κ2) is 6.40. The van der Waals surface area contributed by atoms with Crippen molar-refractivity contribution in [1.29, 1.82) is 0 Å². The van der Waals surface area contributed by atoms with E-state index in [2.05, 4.69) is 4.74 Å². The Labute approximate surface area is 85.2 Å². The minimum Gasteiger partial charge on any atom is -0.469 e. The molecule has 82 valence electrons. The van der Waals surface area contributed by atoms with Crippen LogP contribution in [-0.4, -0.2) is 38.0 Å². The van der Waals surface area contributed by atoms with Crippen molar-refractivity contribution in [3.05, 3.63) is 0 Å². The Morgan fingerprint density at radius 3 is 2.36 bits per heavy atom. The fourth-order valence-corrected chi connectivity index (χ4v) is 1.05. The molecular formula is C10H19NO3. The van der Waals surface area contributed by atoms with Gasteiger partial charge in [0.2, 0.25) is 5.91 Å². The van der Waals surface area contributed by atoms with E-state index in [4.69, 9.17) is 0 Å². The second-order valence-electron chi connectivity index (χ2n) is 3.71. The number of hydrogen-bond donors (Lipinski definition) is 0. The number of carbonyl (C=O) groups excluding carboxylic acids is 2. The lowest BCUT2D eigenvalue weighted by molar-refractivity contribution is -0.141. The highest BCUT2D eigenvalue weighted by molar-refractivity contribution is 5.75. The molecule has 0 fully saturated rings. The summed E-state index contributed by atoms with van der Waals surface area (Å²) < 4.78 is 4.52. The third-order valence-corrected chi connectivity index (χ3v) is 2.09. The lowest BCUT2D eigenvalue weighted by Gasteiger charge is -2.14. The number of hydrogen-bond acceptors (Lipinski definition) is 3. The summed E-state index contributed by atoms with van der Waals surface area (Å²) in [7, 11) is 4.84. The molecule has 1 atom stereocenters. The maximum atomic E-state index is 11.3. The van der Waals surface area contributed by atoms with Crippen molar-refractivity contribution in [2.45, 2.75) is 26.2 Å². The first-order valence-electron chi connectivity index (χ1n) is 4.74. The summed E-state index contributed by atoms with van der Waals surface area (Å²) in [6.07, 6.45) is 1.58. The predicted octanol–water partition coefficient (Wildman–Crippen LogP) is 1.05. The average Bonchev–Trinajstić information content (AvgIpc) is 2.13. The fourth-order valence-electron chi connectivity index (χ4n) is 1.05. The summed E-state index contributed by atoms with van der Waals surface area (Å²) in [5.41, 5.74) is 0. The topological polar surface area (TPSA) is 46.6 Å². The van der Waals surface area contributed by atoms with Gasteiger partial charge in [-0.05, 0) is 12.3 Å². The Balaban J connectivity index is 3.70. The molecule has 0 rings (SSSR count). The van der Waals surface area contributed by atoms with E-state index in [-0.39, 0.29) is 17.8 Å². The van der Waals surface area contributed by atoms with Crippen LogP contribution >= 0.6 is 0 Å². The third kappa shape index (κ3) is 5.56. The van der Waals surface area contributed by atoms with Crippen molar-refractivity contribution in [2.24, 2.45) is 5.92 Å². The summed E-state index contributed by atoms with van der Waals surface area (Å²) in [5, 5.41) is 0. The summed E-state index contributed by atoms with van der Waals surface area (Å²) >= 11 is 0. The molecule has 0 N–H and O–H groups in total. The standard InChI is InChI=1S/C10H19NO3/c1-8(5-6-10(13)14-4)7-9(12)11(2)3/h8H,5-7H2,1-4H3. The van der Waals surface area contributed by atoms with Gasteiger partial charge in [0, 0.05) is 26.9 Å². The summed E-state index contributed by atoms with van der Waals surface area (Å²) in [4.78, 5) is 23.7. The molecular weight excluding hydrogens is 182 g/mol. The molecule has 1 unspecified atom stereocenters. The van der Waals surface area contributed by atoms with Crippen molar-refractivity contribution in [3.63, 3.8) is 0 Å². The number of ether oxygens (including phenoxy) is 1. The third-order valence-electron chi connectivity index (χ3n) is 2.09. The predicted molar refractivity (Wildman–Crippen MR) is 53.7 cm³/mol. The zero-order valence-electron chi connectivity index (χ0n) is 9.37. The molecule has 0 spiro atoms. The molecule has 1 amide bonds. The van der Waals surface area contributed by atoms with Gasteiger partial charge in [-0.3, -0.25) is 9.59 Å². The molecule has 0 radical (unpaired) electrons. The van der Waals surface area contributed by atoms with Gasteiger partial charge in [0.05, 0.1) is 7.11 Å². The molecule has 0 aliphatic rings. The average molecular weight is 201 g/mol. The van der Waals surface area contributed by atoms with Crippen molar-refractivity contribution < 1.29 is 14.3 Å². The first kappa shape index (κ1) is 12.9. The molecule has 0 aliphatic heterocycles. The van der Waals surface area contributed by atoms with Gasteiger partial charge < -0.3 is 9.64 Å². The van der Waals surface area contributed by atoms with Crippen LogP contribution in [0.15, 0.2) is 0 Å². The van der Waals surface area contributed by atoms with E-state index in [1.54, 1.807) is 19.0 Å². The molecule has 0 saturated carbocycles. The Kier molecular flexibility index (Phi) is 5.92. The molecule has 0 bridgehead atoms. The van der Waals surface area contributed by atoms with E-state index < -0.39 is 0 Å². The highest BCUT2D eigenvalue weighted by Crippen LogP contribution is 2.11. The second-order valence-corrected chi connectivity index (χ2v) is 3.71. The van der Waals surface area contributed by atoms with Crippen LogP contribution in [0.4, 0.5) is 0 Å². The van der Waals surface area contributed by atoms with Crippen LogP contribution in [0, 0.1) is 5.92 Å². The normalized spacial score (nSPS) is 12.0. The number of esters is 1. The summed E-state index contributed by atoms with van der Waals surface area (Å²) in [6.45, 7) is 1.96. The van der Waals surface area contributed by atoms with Crippen LogP contribution in [0.3, 0.4) is 0 Å². The molecule has 0 aromatic rings. The quantitative estimate of drug-likeness (QED) is 0.625. The van der Waals surface area contributed by atoms with Gasteiger partial charge in [0.1, 0.15) is 0 Å². The number of nitrogens with zero attached hydrogens (tertiary/aromatic N) is 1. The molecule has 0 aromatic carbocycles.